The van der Waals surface area contributed by atoms with Gasteiger partial charge in [0.25, 0.3) is 0 Å². The fourth-order valence-electron chi connectivity index (χ4n) is 2.52. The van der Waals surface area contributed by atoms with Gasteiger partial charge in [-0.25, -0.2) is 8.42 Å². The van der Waals surface area contributed by atoms with Crippen LogP contribution in [0.4, 0.5) is 5.69 Å². The average Bonchev–Trinajstić information content (AvgIpc) is 2.38. The van der Waals surface area contributed by atoms with Crippen LogP contribution in [0.25, 0.3) is 0 Å². The molecule has 1 unspecified atom stereocenters. The summed E-state index contributed by atoms with van der Waals surface area (Å²) >= 11 is 1.98. The normalized spacial score (nSPS) is 22.4. The molecule has 0 spiro atoms. The molecule has 1 aliphatic heterocycles. The summed E-state index contributed by atoms with van der Waals surface area (Å²) in [6, 6.07) is 7.59. The van der Waals surface area contributed by atoms with Crippen molar-refractivity contribution in [2.45, 2.75) is 38.1 Å². The summed E-state index contributed by atoms with van der Waals surface area (Å²) in [5.41, 5.74) is 1.37. The zero-order chi connectivity index (χ0) is 14.8. The van der Waals surface area contributed by atoms with E-state index in [1.807, 2.05) is 23.9 Å². The highest BCUT2D eigenvalue weighted by atomic mass is 32.2. The molecule has 112 valence electrons. The van der Waals surface area contributed by atoms with Gasteiger partial charge in [-0.15, -0.1) is 0 Å². The van der Waals surface area contributed by atoms with Crippen molar-refractivity contribution in [2.24, 2.45) is 5.41 Å². The first-order chi connectivity index (χ1) is 9.32. The molecule has 0 radical (unpaired) electrons. The Bertz CT molecular complexity index is 550. The molecule has 0 amide bonds. The van der Waals surface area contributed by atoms with Crippen LogP contribution in [0.2, 0.25) is 0 Å². The summed E-state index contributed by atoms with van der Waals surface area (Å²) in [6.07, 6.45) is 1.15. The van der Waals surface area contributed by atoms with Crippen molar-refractivity contribution in [1.82, 2.24) is 0 Å². The molecule has 2 rings (SSSR count). The molecule has 1 aromatic carbocycles. The van der Waals surface area contributed by atoms with Crippen molar-refractivity contribution < 1.29 is 8.42 Å². The molecule has 1 saturated heterocycles. The van der Waals surface area contributed by atoms with Gasteiger partial charge in [0.1, 0.15) is 0 Å². The van der Waals surface area contributed by atoms with Gasteiger partial charge in [0.05, 0.1) is 10.6 Å². The van der Waals surface area contributed by atoms with E-state index >= 15 is 0 Å². The van der Waals surface area contributed by atoms with E-state index in [1.54, 1.807) is 19.1 Å². The molecule has 1 aromatic rings. The standard InChI is InChI=1S/C15H23NO2S2/c1-4-20(17,18)14-7-5-12(6-8-14)16-13-9-15(2,3)11-19-10-13/h5-8,13,16H,4,9-11H2,1-3H3. The largest absolute Gasteiger partial charge is 0.381 e. The number of anilines is 1. The number of nitrogens with one attached hydrogen (secondary N) is 1. The molecule has 5 heteroatoms. The molecule has 0 aliphatic carbocycles. The van der Waals surface area contributed by atoms with Crippen LogP contribution in [-0.4, -0.2) is 31.7 Å². The lowest BCUT2D eigenvalue weighted by atomic mass is 9.88. The van der Waals surface area contributed by atoms with Gasteiger partial charge in [0.15, 0.2) is 9.84 Å². The van der Waals surface area contributed by atoms with E-state index in [-0.39, 0.29) is 5.75 Å². The van der Waals surface area contributed by atoms with Crippen LogP contribution < -0.4 is 5.32 Å². The number of sulfone groups is 1. The topological polar surface area (TPSA) is 46.2 Å². The van der Waals surface area contributed by atoms with Crippen LogP contribution in [0.5, 0.6) is 0 Å². The van der Waals surface area contributed by atoms with Crippen molar-refractivity contribution in [1.29, 1.82) is 0 Å². The highest BCUT2D eigenvalue weighted by molar-refractivity contribution is 7.99. The molecule has 1 heterocycles. The minimum Gasteiger partial charge on any atom is -0.381 e. The molecular weight excluding hydrogens is 290 g/mol. The van der Waals surface area contributed by atoms with E-state index in [1.165, 1.54) is 5.75 Å². The first-order valence-corrected chi connectivity index (χ1v) is 9.80. The maximum absolute atomic E-state index is 11.8. The van der Waals surface area contributed by atoms with Gasteiger partial charge >= 0.3 is 0 Å². The van der Waals surface area contributed by atoms with Gasteiger partial charge in [-0.3, -0.25) is 0 Å². The van der Waals surface area contributed by atoms with Crippen molar-refractivity contribution in [3.8, 4) is 0 Å². The highest BCUT2D eigenvalue weighted by Crippen LogP contribution is 2.34. The van der Waals surface area contributed by atoms with Crippen LogP contribution in [0.3, 0.4) is 0 Å². The Kier molecular flexibility index (Phi) is 4.69. The van der Waals surface area contributed by atoms with Crippen molar-refractivity contribution in [3.05, 3.63) is 24.3 Å². The van der Waals surface area contributed by atoms with Crippen molar-refractivity contribution >= 4 is 27.3 Å². The molecule has 1 aliphatic rings. The lowest BCUT2D eigenvalue weighted by Crippen LogP contribution is -2.35. The van der Waals surface area contributed by atoms with Crippen LogP contribution >= 0.6 is 11.8 Å². The van der Waals surface area contributed by atoms with Gasteiger partial charge in [-0.05, 0) is 41.9 Å². The third-order valence-corrected chi connectivity index (χ3v) is 6.95. The molecule has 3 nitrogen and oxygen atoms in total. The second-order valence-electron chi connectivity index (χ2n) is 6.15. The van der Waals surface area contributed by atoms with Crippen LogP contribution in [0, 0.1) is 5.41 Å². The van der Waals surface area contributed by atoms with E-state index in [2.05, 4.69) is 19.2 Å². The summed E-state index contributed by atoms with van der Waals surface area (Å²) in [7, 11) is -3.10. The zero-order valence-corrected chi connectivity index (χ0v) is 14.0. The first kappa shape index (κ1) is 15.7. The van der Waals surface area contributed by atoms with E-state index in [9.17, 15) is 8.42 Å². The minimum atomic E-state index is -3.10. The van der Waals surface area contributed by atoms with Crippen molar-refractivity contribution in [2.75, 3.05) is 22.6 Å². The SMILES string of the molecule is CCS(=O)(=O)c1ccc(NC2CSCC(C)(C)C2)cc1. The second-order valence-corrected chi connectivity index (χ2v) is 9.46. The molecule has 1 fully saturated rings. The van der Waals surface area contributed by atoms with Gasteiger partial charge in [0.2, 0.25) is 0 Å². The van der Waals surface area contributed by atoms with Crippen LogP contribution in [-0.2, 0) is 9.84 Å². The molecule has 0 saturated carbocycles. The predicted octanol–water partition coefficient (Wildman–Crippen LogP) is 3.42. The number of hydrogen-bond acceptors (Lipinski definition) is 4. The Balaban J connectivity index is 2.04. The molecule has 0 bridgehead atoms. The lowest BCUT2D eigenvalue weighted by Gasteiger charge is -2.35. The number of benzene rings is 1. The number of thioether (sulfide) groups is 1. The molecule has 0 aromatic heterocycles. The van der Waals surface area contributed by atoms with Crippen molar-refractivity contribution in [3.63, 3.8) is 0 Å². The Labute approximate surface area is 126 Å². The third-order valence-electron chi connectivity index (χ3n) is 3.58. The quantitative estimate of drug-likeness (QED) is 0.925. The predicted molar refractivity (Wildman–Crippen MR) is 87.3 cm³/mol. The number of hydrogen-bond donors (Lipinski definition) is 1. The minimum absolute atomic E-state index is 0.146. The summed E-state index contributed by atoms with van der Waals surface area (Å²) in [5, 5.41) is 3.52. The lowest BCUT2D eigenvalue weighted by molar-refractivity contribution is 0.358. The fraction of sp³-hybridized carbons (Fsp3) is 0.600. The summed E-state index contributed by atoms with van der Waals surface area (Å²) in [6.45, 7) is 6.26. The van der Waals surface area contributed by atoms with Gasteiger partial charge < -0.3 is 5.32 Å². The monoisotopic (exact) mass is 313 g/mol. The van der Waals surface area contributed by atoms with Gasteiger partial charge in [0, 0.05) is 17.5 Å². The average molecular weight is 313 g/mol. The first-order valence-electron chi connectivity index (χ1n) is 6.99. The maximum atomic E-state index is 11.8. The Morgan fingerprint density at radius 1 is 1.30 bits per heavy atom. The van der Waals surface area contributed by atoms with Crippen LogP contribution in [0.1, 0.15) is 27.2 Å². The Morgan fingerprint density at radius 2 is 1.95 bits per heavy atom. The van der Waals surface area contributed by atoms with E-state index in [0.29, 0.717) is 16.4 Å². The molecule has 1 atom stereocenters. The highest BCUT2D eigenvalue weighted by Gasteiger charge is 2.28. The van der Waals surface area contributed by atoms with E-state index < -0.39 is 9.84 Å². The van der Waals surface area contributed by atoms with Gasteiger partial charge in [-0.2, -0.15) is 11.8 Å². The van der Waals surface area contributed by atoms with E-state index in [0.717, 1.165) is 17.9 Å². The summed E-state index contributed by atoms with van der Waals surface area (Å²) in [4.78, 5) is 0.406. The summed E-state index contributed by atoms with van der Waals surface area (Å²) < 4.78 is 23.5. The van der Waals surface area contributed by atoms with Gasteiger partial charge in [-0.1, -0.05) is 20.8 Å². The Morgan fingerprint density at radius 3 is 2.50 bits per heavy atom. The third kappa shape index (κ3) is 3.92. The fourth-order valence-corrected chi connectivity index (χ4v) is 4.67. The molecule has 1 N–H and O–H groups in total. The smallest absolute Gasteiger partial charge is 0.178 e. The maximum Gasteiger partial charge on any atom is 0.178 e. The second kappa shape index (κ2) is 5.98. The van der Waals surface area contributed by atoms with E-state index in [4.69, 9.17) is 0 Å². The summed E-state index contributed by atoms with van der Waals surface area (Å²) in [5.74, 6) is 2.46. The molecule has 20 heavy (non-hydrogen) atoms. The zero-order valence-electron chi connectivity index (χ0n) is 12.3. The molecular formula is C15H23NO2S2. The Hall–Kier alpha value is -0.680. The number of rotatable bonds is 4. The van der Waals surface area contributed by atoms with Crippen LogP contribution in [0.15, 0.2) is 29.2 Å².